The number of aromatic nitrogens is 4. The van der Waals surface area contributed by atoms with Gasteiger partial charge in [-0.1, -0.05) is 48.2 Å². The van der Waals surface area contributed by atoms with Gasteiger partial charge in [-0.15, -0.1) is 10.2 Å². The van der Waals surface area contributed by atoms with Crippen LogP contribution in [0, 0.1) is 6.92 Å². The van der Waals surface area contributed by atoms with Gasteiger partial charge >= 0.3 is 0 Å². The van der Waals surface area contributed by atoms with Crippen LogP contribution in [0.5, 0.6) is 0 Å². The average Bonchev–Trinajstić information content (AvgIpc) is 3.44. The number of amides is 1. The molecule has 1 unspecified atom stereocenters. The van der Waals surface area contributed by atoms with Crippen molar-refractivity contribution in [2.75, 3.05) is 11.4 Å². The molecule has 4 aromatic rings. The van der Waals surface area contributed by atoms with Crippen molar-refractivity contribution in [2.45, 2.75) is 30.7 Å². The lowest BCUT2D eigenvalue weighted by Gasteiger charge is -2.21. The zero-order valence-electron chi connectivity index (χ0n) is 18.0. The van der Waals surface area contributed by atoms with Gasteiger partial charge in [-0.3, -0.25) is 14.3 Å². The first-order chi connectivity index (χ1) is 15.6. The molecule has 1 aliphatic heterocycles. The normalized spacial score (nSPS) is 13.8. The molecule has 2 aromatic heterocycles. The van der Waals surface area contributed by atoms with E-state index in [9.17, 15) is 4.79 Å². The maximum atomic E-state index is 13.3. The Morgan fingerprint density at radius 2 is 1.69 bits per heavy atom. The Kier molecular flexibility index (Phi) is 5.49. The Morgan fingerprint density at radius 1 is 0.969 bits per heavy atom. The number of anilines is 1. The molecule has 0 saturated heterocycles. The highest BCUT2D eigenvalue weighted by Gasteiger charge is 2.30. The van der Waals surface area contributed by atoms with E-state index < -0.39 is 0 Å². The molecule has 0 fully saturated rings. The van der Waals surface area contributed by atoms with E-state index in [0.29, 0.717) is 5.16 Å². The van der Waals surface area contributed by atoms with Crippen molar-refractivity contribution in [1.82, 2.24) is 19.7 Å². The third kappa shape index (κ3) is 3.69. The summed E-state index contributed by atoms with van der Waals surface area (Å²) in [5.74, 6) is 0.820. The molecule has 3 heterocycles. The van der Waals surface area contributed by atoms with Crippen LogP contribution >= 0.6 is 11.8 Å². The van der Waals surface area contributed by atoms with Gasteiger partial charge in [0.15, 0.2) is 11.0 Å². The topological polar surface area (TPSA) is 63.9 Å². The van der Waals surface area contributed by atoms with Crippen molar-refractivity contribution >= 4 is 23.4 Å². The number of thioether (sulfide) groups is 1. The Hall–Kier alpha value is -3.45. The highest BCUT2D eigenvalue weighted by atomic mass is 32.2. The number of rotatable bonds is 5. The van der Waals surface area contributed by atoms with E-state index in [1.54, 1.807) is 12.4 Å². The van der Waals surface area contributed by atoms with Crippen molar-refractivity contribution in [3.05, 3.63) is 84.2 Å². The second kappa shape index (κ2) is 8.59. The lowest BCUT2D eigenvalue weighted by atomic mass is 10.2. The maximum absolute atomic E-state index is 13.3. The number of fused-ring (bicyclic) bond motifs is 1. The second-order valence-electron chi connectivity index (χ2n) is 7.79. The van der Waals surface area contributed by atoms with E-state index in [1.165, 1.54) is 17.3 Å². The standard InChI is InChI=1S/C25H23N5OS/c1-17-7-3-5-9-21(17)30-23(20-11-14-26-15-12-20)27-28-25(30)32-18(2)24(31)29-16-13-19-8-4-6-10-22(19)29/h3-12,14-15,18H,13,16H2,1-2H3. The van der Waals surface area contributed by atoms with Crippen LogP contribution in [-0.2, 0) is 11.2 Å². The number of nitrogens with zero attached hydrogens (tertiary/aromatic N) is 5. The van der Waals surface area contributed by atoms with Crippen molar-refractivity contribution in [1.29, 1.82) is 0 Å². The Balaban J connectivity index is 1.50. The molecule has 5 rings (SSSR count). The van der Waals surface area contributed by atoms with Gasteiger partial charge in [-0.25, -0.2) is 0 Å². The number of carbonyl (C=O) groups is 1. The Bertz CT molecular complexity index is 1270. The lowest BCUT2D eigenvalue weighted by molar-refractivity contribution is -0.117. The van der Waals surface area contributed by atoms with Crippen molar-refractivity contribution in [2.24, 2.45) is 0 Å². The molecule has 0 spiro atoms. The van der Waals surface area contributed by atoms with Gasteiger partial charge in [0, 0.05) is 30.2 Å². The van der Waals surface area contributed by atoms with Gasteiger partial charge in [0.1, 0.15) is 0 Å². The molecule has 0 radical (unpaired) electrons. The third-order valence-electron chi connectivity index (χ3n) is 5.71. The van der Waals surface area contributed by atoms with Gasteiger partial charge in [0.2, 0.25) is 5.91 Å². The van der Waals surface area contributed by atoms with Crippen LogP contribution in [0.3, 0.4) is 0 Å². The minimum Gasteiger partial charge on any atom is -0.311 e. The van der Waals surface area contributed by atoms with E-state index in [0.717, 1.165) is 41.3 Å². The molecule has 1 atom stereocenters. The predicted molar refractivity (Wildman–Crippen MR) is 127 cm³/mol. The molecule has 160 valence electrons. The fourth-order valence-electron chi connectivity index (χ4n) is 4.06. The average molecular weight is 442 g/mol. The molecule has 2 aromatic carbocycles. The Morgan fingerprint density at radius 3 is 2.47 bits per heavy atom. The summed E-state index contributed by atoms with van der Waals surface area (Å²) < 4.78 is 2.04. The van der Waals surface area contributed by atoms with E-state index in [1.807, 2.05) is 58.9 Å². The fourth-order valence-corrected chi connectivity index (χ4v) is 4.98. The van der Waals surface area contributed by atoms with Crippen LogP contribution < -0.4 is 4.90 Å². The zero-order valence-corrected chi connectivity index (χ0v) is 18.8. The fraction of sp³-hybridized carbons (Fsp3) is 0.200. The molecule has 7 heteroatoms. The second-order valence-corrected chi connectivity index (χ2v) is 9.10. The molecule has 32 heavy (non-hydrogen) atoms. The molecule has 0 aliphatic carbocycles. The summed E-state index contributed by atoms with van der Waals surface area (Å²) >= 11 is 1.44. The van der Waals surface area contributed by atoms with Crippen LogP contribution in [0.1, 0.15) is 18.1 Å². The molecule has 0 N–H and O–H groups in total. The van der Waals surface area contributed by atoms with Gasteiger partial charge in [0.05, 0.1) is 10.9 Å². The molecule has 0 saturated carbocycles. The predicted octanol–water partition coefficient (Wildman–Crippen LogP) is 4.71. The van der Waals surface area contributed by atoms with Crippen LogP contribution in [0.25, 0.3) is 17.1 Å². The highest BCUT2D eigenvalue weighted by Crippen LogP contribution is 2.34. The number of hydrogen-bond acceptors (Lipinski definition) is 5. The minimum absolute atomic E-state index is 0.0877. The van der Waals surface area contributed by atoms with Crippen molar-refractivity contribution < 1.29 is 4.79 Å². The van der Waals surface area contributed by atoms with E-state index in [4.69, 9.17) is 0 Å². The monoisotopic (exact) mass is 441 g/mol. The van der Waals surface area contributed by atoms with Crippen LogP contribution in [0.15, 0.2) is 78.2 Å². The first-order valence-electron chi connectivity index (χ1n) is 10.6. The highest BCUT2D eigenvalue weighted by molar-refractivity contribution is 8.00. The lowest BCUT2D eigenvalue weighted by Crippen LogP contribution is -2.35. The third-order valence-corrected chi connectivity index (χ3v) is 6.74. The summed E-state index contributed by atoms with van der Waals surface area (Å²) in [6.45, 7) is 4.72. The quantitative estimate of drug-likeness (QED) is 0.420. The molecular weight excluding hydrogens is 418 g/mol. The summed E-state index contributed by atoms with van der Waals surface area (Å²) in [6.07, 6.45) is 4.39. The SMILES string of the molecule is Cc1ccccc1-n1c(SC(C)C(=O)N2CCc3ccccc32)nnc1-c1ccncc1. The zero-order chi connectivity index (χ0) is 22.1. The summed E-state index contributed by atoms with van der Waals surface area (Å²) in [4.78, 5) is 19.4. The molecule has 0 bridgehead atoms. The van der Waals surface area contributed by atoms with Crippen molar-refractivity contribution in [3.8, 4) is 17.1 Å². The van der Waals surface area contributed by atoms with E-state index in [2.05, 4.69) is 40.3 Å². The summed E-state index contributed by atoms with van der Waals surface area (Å²) in [6, 6.07) is 20.1. The van der Waals surface area contributed by atoms with Gasteiger partial charge in [0.25, 0.3) is 0 Å². The smallest absolute Gasteiger partial charge is 0.240 e. The summed E-state index contributed by atoms with van der Waals surface area (Å²) in [5, 5.41) is 9.36. The van der Waals surface area contributed by atoms with E-state index >= 15 is 0 Å². The van der Waals surface area contributed by atoms with Crippen LogP contribution in [-0.4, -0.2) is 37.5 Å². The largest absolute Gasteiger partial charge is 0.311 e. The van der Waals surface area contributed by atoms with Gasteiger partial charge in [-0.2, -0.15) is 0 Å². The van der Waals surface area contributed by atoms with Crippen LogP contribution in [0.2, 0.25) is 0 Å². The summed E-state index contributed by atoms with van der Waals surface area (Å²) in [7, 11) is 0. The number of hydrogen-bond donors (Lipinski definition) is 0. The molecule has 1 amide bonds. The number of benzene rings is 2. The number of para-hydroxylation sites is 2. The molecule has 1 aliphatic rings. The molecule has 6 nitrogen and oxygen atoms in total. The number of carbonyl (C=O) groups excluding carboxylic acids is 1. The Labute approximate surface area is 191 Å². The first kappa shape index (κ1) is 20.5. The first-order valence-corrected chi connectivity index (χ1v) is 11.5. The van der Waals surface area contributed by atoms with E-state index in [-0.39, 0.29) is 11.2 Å². The molecular formula is C25H23N5OS. The summed E-state index contributed by atoms with van der Waals surface area (Å²) in [5.41, 5.74) is 5.27. The maximum Gasteiger partial charge on any atom is 0.240 e. The minimum atomic E-state index is -0.307. The number of aryl methyl sites for hydroxylation is 1. The number of pyridine rings is 1. The van der Waals surface area contributed by atoms with Crippen molar-refractivity contribution in [3.63, 3.8) is 0 Å². The van der Waals surface area contributed by atoms with Gasteiger partial charge in [-0.05, 0) is 55.7 Å². The van der Waals surface area contributed by atoms with Crippen LogP contribution in [0.4, 0.5) is 5.69 Å². The van der Waals surface area contributed by atoms with Gasteiger partial charge < -0.3 is 4.90 Å².